The highest BCUT2D eigenvalue weighted by Crippen LogP contribution is 2.37. The minimum absolute atomic E-state index is 0.0483. The lowest BCUT2D eigenvalue weighted by molar-refractivity contribution is -0.142. The summed E-state index contributed by atoms with van der Waals surface area (Å²) in [6.07, 6.45) is -1.69. The number of nitrogens with zero attached hydrogens (tertiary/aromatic N) is 2. The molecule has 0 saturated heterocycles. The fourth-order valence-corrected chi connectivity index (χ4v) is 4.13. The van der Waals surface area contributed by atoms with E-state index in [0.717, 1.165) is 17.4 Å². The number of aliphatic carboxylic acids is 1. The van der Waals surface area contributed by atoms with Crippen LogP contribution in [0, 0.1) is 11.6 Å². The Labute approximate surface area is 165 Å². The number of carboxylic acid groups (broad SMARTS) is 1. The van der Waals surface area contributed by atoms with Crippen molar-refractivity contribution in [2.75, 3.05) is 4.90 Å². The first-order valence-corrected chi connectivity index (χ1v) is 9.26. The van der Waals surface area contributed by atoms with Crippen molar-refractivity contribution < 1.29 is 28.2 Å². The highest BCUT2D eigenvalue weighted by molar-refractivity contribution is 7.18. The maximum Gasteiger partial charge on any atom is 0.307 e. The number of hydrogen-bond donors (Lipinski definition) is 1. The van der Waals surface area contributed by atoms with Crippen molar-refractivity contribution in [2.24, 2.45) is 0 Å². The van der Waals surface area contributed by atoms with Crippen molar-refractivity contribution in [1.82, 2.24) is 4.98 Å². The molecule has 2 heterocycles. The SMILES string of the molecule is O=C(O)CC1Oc2ccccc2N(Cc2nc3cc(F)c(Cl)c(F)c3s2)C1=O. The number of thiazole rings is 1. The minimum atomic E-state index is -1.19. The Balaban J connectivity index is 1.73. The number of anilines is 1. The summed E-state index contributed by atoms with van der Waals surface area (Å²) >= 11 is 6.55. The standard InChI is InChI=1S/C18H11ClF2N2O4S/c19-15-8(20)5-9-17(16(15)21)28-13(22-9)7-23-10-3-1-2-4-11(10)27-12(18(23)26)6-14(24)25/h1-5,12H,6-7H2,(H,24,25). The Bertz CT molecular complexity index is 1120. The number of carboxylic acids is 1. The van der Waals surface area contributed by atoms with Gasteiger partial charge in [-0.3, -0.25) is 14.5 Å². The van der Waals surface area contributed by atoms with Crippen LogP contribution < -0.4 is 9.64 Å². The Kier molecular flexibility index (Phi) is 4.64. The zero-order valence-corrected chi connectivity index (χ0v) is 15.6. The lowest BCUT2D eigenvalue weighted by atomic mass is 10.1. The van der Waals surface area contributed by atoms with Gasteiger partial charge in [-0.25, -0.2) is 13.8 Å². The number of hydrogen-bond acceptors (Lipinski definition) is 5. The molecule has 1 amide bonds. The molecule has 1 N–H and O–H groups in total. The normalized spacial score (nSPS) is 16.2. The molecule has 1 aliphatic rings. The zero-order chi connectivity index (χ0) is 20.0. The maximum atomic E-state index is 14.2. The van der Waals surface area contributed by atoms with Crippen LogP contribution in [-0.4, -0.2) is 28.1 Å². The highest BCUT2D eigenvalue weighted by atomic mass is 35.5. The van der Waals surface area contributed by atoms with E-state index in [1.54, 1.807) is 24.3 Å². The van der Waals surface area contributed by atoms with Gasteiger partial charge in [0, 0.05) is 6.07 Å². The Morgan fingerprint density at radius 1 is 1.36 bits per heavy atom. The second-order valence-corrected chi connectivity index (χ2v) is 7.50. The molecule has 1 atom stereocenters. The van der Waals surface area contributed by atoms with Crippen molar-refractivity contribution in [1.29, 1.82) is 0 Å². The molecular formula is C18H11ClF2N2O4S. The van der Waals surface area contributed by atoms with Crippen LogP contribution in [0.25, 0.3) is 10.2 Å². The molecule has 0 saturated carbocycles. The van der Waals surface area contributed by atoms with Crippen LogP contribution in [0.15, 0.2) is 30.3 Å². The summed E-state index contributed by atoms with van der Waals surface area (Å²) in [7, 11) is 0. The van der Waals surface area contributed by atoms with Crippen LogP contribution >= 0.6 is 22.9 Å². The highest BCUT2D eigenvalue weighted by Gasteiger charge is 2.36. The second kappa shape index (κ2) is 6.99. The van der Waals surface area contributed by atoms with Crippen LogP contribution in [-0.2, 0) is 16.1 Å². The molecule has 4 rings (SSSR count). The number of amides is 1. The molecule has 1 aromatic heterocycles. The molecule has 1 unspecified atom stereocenters. The molecule has 10 heteroatoms. The number of rotatable bonds is 4. The van der Waals surface area contributed by atoms with Gasteiger partial charge in [-0.1, -0.05) is 23.7 Å². The number of fused-ring (bicyclic) bond motifs is 2. The second-order valence-electron chi connectivity index (χ2n) is 6.04. The minimum Gasteiger partial charge on any atom is -0.481 e. The van der Waals surface area contributed by atoms with E-state index in [2.05, 4.69) is 4.98 Å². The van der Waals surface area contributed by atoms with Gasteiger partial charge in [0.15, 0.2) is 11.9 Å². The van der Waals surface area contributed by atoms with Crippen molar-refractivity contribution in [3.8, 4) is 5.75 Å². The summed E-state index contributed by atoms with van der Waals surface area (Å²) in [6.45, 7) is -0.0483. The van der Waals surface area contributed by atoms with E-state index < -0.39 is 41.1 Å². The van der Waals surface area contributed by atoms with Gasteiger partial charge in [-0.2, -0.15) is 0 Å². The summed E-state index contributed by atoms with van der Waals surface area (Å²) < 4.78 is 33.5. The van der Waals surface area contributed by atoms with Crippen LogP contribution in [0.4, 0.5) is 14.5 Å². The summed E-state index contributed by atoms with van der Waals surface area (Å²) in [5.41, 5.74) is 0.536. The van der Waals surface area contributed by atoms with E-state index >= 15 is 0 Å². The average Bonchev–Trinajstić information content (AvgIpc) is 3.05. The number of halogens is 3. The van der Waals surface area contributed by atoms with Gasteiger partial charge >= 0.3 is 5.97 Å². The smallest absolute Gasteiger partial charge is 0.307 e. The number of aromatic nitrogens is 1. The summed E-state index contributed by atoms with van der Waals surface area (Å²) in [4.78, 5) is 29.4. The molecule has 6 nitrogen and oxygen atoms in total. The van der Waals surface area contributed by atoms with Gasteiger partial charge in [-0.15, -0.1) is 11.3 Å². The number of carbonyl (C=O) groups excluding carboxylic acids is 1. The Morgan fingerprint density at radius 2 is 2.11 bits per heavy atom. The molecule has 0 radical (unpaired) electrons. The van der Waals surface area contributed by atoms with E-state index in [4.69, 9.17) is 21.4 Å². The van der Waals surface area contributed by atoms with Crippen molar-refractivity contribution >= 4 is 50.7 Å². The number of benzene rings is 2. The molecule has 144 valence electrons. The fourth-order valence-electron chi connectivity index (χ4n) is 2.95. The van der Waals surface area contributed by atoms with E-state index in [9.17, 15) is 18.4 Å². The summed E-state index contributed by atoms with van der Waals surface area (Å²) in [6, 6.07) is 7.70. The summed E-state index contributed by atoms with van der Waals surface area (Å²) in [5, 5.41) is 8.76. The average molecular weight is 425 g/mol. The van der Waals surface area contributed by atoms with Crippen LogP contribution in [0.1, 0.15) is 11.4 Å². The third-order valence-corrected chi connectivity index (χ3v) is 5.58. The first-order valence-electron chi connectivity index (χ1n) is 8.07. The van der Waals surface area contributed by atoms with Crippen molar-refractivity contribution in [3.63, 3.8) is 0 Å². The Hall–Kier alpha value is -2.78. The molecule has 1 aliphatic heterocycles. The third-order valence-electron chi connectivity index (χ3n) is 4.18. The lowest BCUT2D eigenvalue weighted by Gasteiger charge is -2.33. The predicted octanol–water partition coefficient (Wildman–Crippen LogP) is 4.00. The van der Waals surface area contributed by atoms with E-state index in [-0.39, 0.29) is 16.8 Å². The molecule has 0 fully saturated rings. The fraction of sp³-hybridized carbons (Fsp3) is 0.167. The van der Waals surface area contributed by atoms with E-state index in [0.29, 0.717) is 16.4 Å². The predicted molar refractivity (Wildman–Crippen MR) is 98.8 cm³/mol. The van der Waals surface area contributed by atoms with Gasteiger partial charge in [0.25, 0.3) is 5.91 Å². The lowest BCUT2D eigenvalue weighted by Crippen LogP contribution is -2.46. The van der Waals surface area contributed by atoms with Crippen LogP contribution in [0.3, 0.4) is 0 Å². The largest absolute Gasteiger partial charge is 0.481 e. The maximum absolute atomic E-state index is 14.2. The molecular weight excluding hydrogens is 414 g/mol. The van der Waals surface area contributed by atoms with Gasteiger partial charge in [0.2, 0.25) is 0 Å². The van der Waals surface area contributed by atoms with Crippen molar-refractivity contribution in [3.05, 3.63) is 52.0 Å². The molecule has 28 heavy (non-hydrogen) atoms. The first kappa shape index (κ1) is 18.6. The van der Waals surface area contributed by atoms with Gasteiger partial charge in [0.1, 0.15) is 21.6 Å². The molecule has 0 spiro atoms. The molecule has 0 bridgehead atoms. The molecule has 3 aromatic rings. The van der Waals surface area contributed by atoms with E-state index in [1.807, 2.05) is 0 Å². The van der Waals surface area contributed by atoms with Gasteiger partial charge in [-0.05, 0) is 12.1 Å². The quantitative estimate of drug-likeness (QED) is 0.640. The molecule has 2 aromatic carbocycles. The van der Waals surface area contributed by atoms with Gasteiger partial charge in [0.05, 0.1) is 28.9 Å². The summed E-state index contributed by atoms with van der Waals surface area (Å²) in [5.74, 6) is -3.19. The van der Waals surface area contributed by atoms with E-state index in [1.165, 1.54) is 4.90 Å². The number of carbonyl (C=O) groups is 2. The van der Waals surface area contributed by atoms with Crippen LogP contribution in [0.2, 0.25) is 5.02 Å². The first-order chi connectivity index (χ1) is 13.3. The monoisotopic (exact) mass is 424 g/mol. The zero-order valence-electron chi connectivity index (χ0n) is 14.0. The third kappa shape index (κ3) is 3.16. The molecule has 0 aliphatic carbocycles. The Morgan fingerprint density at radius 3 is 2.86 bits per heavy atom. The number of ether oxygens (including phenoxy) is 1. The topological polar surface area (TPSA) is 79.7 Å². The number of para-hydroxylation sites is 2. The van der Waals surface area contributed by atoms with Crippen LogP contribution in [0.5, 0.6) is 5.75 Å². The van der Waals surface area contributed by atoms with Crippen molar-refractivity contribution in [2.45, 2.75) is 19.1 Å². The van der Waals surface area contributed by atoms with Gasteiger partial charge < -0.3 is 9.84 Å².